The molecule has 0 saturated heterocycles. The van der Waals surface area contributed by atoms with Gasteiger partial charge in [-0.3, -0.25) is 9.59 Å². The van der Waals surface area contributed by atoms with Crippen LogP contribution >= 0.6 is 0 Å². The van der Waals surface area contributed by atoms with E-state index in [1.54, 1.807) is 0 Å². The van der Waals surface area contributed by atoms with Crippen molar-refractivity contribution in [1.29, 1.82) is 0 Å². The third kappa shape index (κ3) is 6.39. The lowest BCUT2D eigenvalue weighted by atomic mass is 9.99. The number of hydrogen-bond donors (Lipinski definition) is 2. The molecular formula is C24H30N4O3. The zero-order chi connectivity index (χ0) is 22.2. The van der Waals surface area contributed by atoms with Crippen molar-refractivity contribution in [1.82, 2.24) is 15.5 Å². The van der Waals surface area contributed by atoms with Crippen molar-refractivity contribution in [2.24, 2.45) is 5.16 Å². The maximum absolute atomic E-state index is 12.9. The Labute approximate surface area is 183 Å². The second-order valence-corrected chi connectivity index (χ2v) is 8.00. The van der Waals surface area contributed by atoms with Crippen LogP contribution in [0.1, 0.15) is 23.1 Å². The summed E-state index contributed by atoms with van der Waals surface area (Å²) in [6.45, 7) is 3.23. The van der Waals surface area contributed by atoms with Gasteiger partial charge in [0.05, 0.1) is 5.71 Å². The Hall–Kier alpha value is -3.19. The molecule has 0 aromatic heterocycles. The fraction of sp³-hybridized carbons (Fsp3) is 0.375. The topological polar surface area (TPSA) is 83.0 Å². The zero-order valence-corrected chi connectivity index (χ0v) is 18.3. The lowest BCUT2D eigenvalue weighted by Crippen LogP contribution is -2.51. The first-order chi connectivity index (χ1) is 14.9. The maximum Gasteiger partial charge on any atom is 0.265 e. The molecule has 2 amide bonds. The van der Waals surface area contributed by atoms with Gasteiger partial charge in [0.1, 0.15) is 6.04 Å². The Balaban J connectivity index is 1.63. The SMILES string of the molecule is Cc1ccccc1C1=NO[C@H](C(=O)N[C@H](Cc2ccccc2)C(=O)NCCN(C)C)C1. The fourth-order valence-corrected chi connectivity index (χ4v) is 3.42. The second-order valence-electron chi connectivity index (χ2n) is 8.00. The molecule has 0 radical (unpaired) electrons. The smallest absolute Gasteiger partial charge is 0.265 e. The maximum atomic E-state index is 12.9. The summed E-state index contributed by atoms with van der Waals surface area (Å²) in [5.41, 5.74) is 3.77. The minimum Gasteiger partial charge on any atom is -0.382 e. The van der Waals surface area contributed by atoms with Crippen LogP contribution < -0.4 is 10.6 Å². The minimum atomic E-state index is -0.748. The van der Waals surface area contributed by atoms with Gasteiger partial charge in [-0.15, -0.1) is 0 Å². The predicted molar refractivity (Wildman–Crippen MR) is 121 cm³/mol. The molecule has 7 nitrogen and oxygen atoms in total. The van der Waals surface area contributed by atoms with Crippen LogP contribution in [0.25, 0.3) is 0 Å². The quantitative estimate of drug-likeness (QED) is 0.647. The van der Waals surface area contributed by atoms with E-state index in [9.17, 15) is 9.59 Å². The molecule has 0 spiro atoms. The second kappa shape index (κ2) is 10.7. The summed E-state index contributed by atoms with van der Waals surface area (Å²) in [4.78, 5) is 33.1. The normalized spacial score (nSPS) is 16.4. The van der Waals surface area contributed by atoms with E-state index in [1.165, 1.54) is 0 Å². The van der Waals surface area contributed by atoms with E-state index in [4.69, 9.17) is 4.84 Å². The number of nitrogens with one attached hydrogen (secondary N) is 2. The standard InChI is InChI=1S/C24H30N4O3/c1-17-9-7-8-12-19(17)20-16-22(31-27-20)24(30)26-21(15-18-10-5-4-6-11-18)23(29)25-13-14-28(2)3/h4-12,21-22H,13-16H2,1-3H3,(H,25,29)(H,26,30)/t21-,22+/m1/s1. The molecule has 1 aliphatic heterocycles. The first kappa shape index (κ1) is 22.5. The van der Waals surface area contributed by atoms with Crippen LogP contribution in [0.3, 0.4) is 0 Å². The number of carbonyl (C=O) groups excluding carboxylic acids is 2. The molecule has 0 aliphatic carbocycles. The molecule has 0 fully saturated rings. The van der Waals surface area contributed by atoms with Crippen LogP contribution in [-0.4, -0.2) is 61.8 Å². The van der Waals surface area contributed by atoms with E-state index in [2.05, 4.69) is 15.8 Å². The number of amides is 2. The Kier molecular flexibility index (Phi) is 7.78. The van der Waals surface area contributed by atoms with Crippen LogP contribution in [0.2, 0.25) is 0 Å². The summed E-state index contributed by atoms with van der Waals surface area (Å²) in [6, 6.07) is 16.8. The summed E-state index contributed by atoms with van der Waals surface area (Å²) in [5, 5.41) is 9.90. The van der Waals surface area contributed by atoms with E-state index < -0.39 is 12.1 Å². The van der Waals surface area contributed by atoms with Gasteiger partial charge in [0, 0.05) is 31.5 Å². The molecule has 2 N–H and O–H groups in total. The van der Waals surface area contributed by atoms with Gasteiger partial charge < -0.3 is 20.4 Å². The Bertz CT molecular complexity index is 927. The number of likely N-dealkylation sites (N-methyl/N-ethyl adjacent to an activating group) is 1. The minimum absolute atomic E-state index is 0.211. The van der Waals surface area contributed by atoms with E-state index in [0.717, 1.165) is 28.9 Å². The molecule has 0 saturated carbocycles. The number of oxime groups is 1. The lowest BCUT2D eigenvalue weighted by molar-refractivity contribution is -0.135. The molecule has 1 aliphatic rings. The molecule has 31 heavy (non-hydrogen) atoms. The van der Waals surface area contributed by atoms with Crippen molar-refractivity contribution in [2.45, 2.75) is 31.9 Å². The van der Waals surface area contributed by atoms with Crippen molar-refractivity contribution >= 4 is 17.5 Å². The van der Waals surface area contributed by atoms with E-state index in [1.807, 2.05) is 80.5 Å². The number of benzene rings is 2. The van der Waals surface area contributed by atoms with Gasteiger partial charge in [0.25, 0.3) is 5.91 Å². The number of rotatable bonds is 9. The summed E-state index contributed by atoms with van der Waals surface area (Å²) in [5.74, 6) is -0.548. The Morgan fingerprint density at radius 3 is 2.55 bits per heavy atom. The largest absolute Gasteiger partial charge is 0.382 e. The third-order valence-electron chi connectivity index (χ3n) is 5.19. The zero-order valence-electron chi connectivity index (χ0n) is 18.3. The number of hydrogen-bond acceptors (Lipinski definition) is 5. The van der Waals surface area contributed by atoms with Gasteiger partial charge in [-0.05, 0) is 32.1 Å². The molecule has 0 unspecified atom stereocenters. The molecule has 2 aromatic rings. The molecule has 1 heterocycles. The molecular weight excluding hydrogens is 392 g/mol. The fourth-order valence-electron chi connectivity index (χ4n) is 3.42. The van der Waals surface area contributed by atoms with Crippen LogP contribution in [-0.2, 0) is 20.8 Å². The summed E-state index contributed by atoms with van der Waals surface area (Å²) in [6.07, 6.45) is 0.0257. The van der Waals surface area contributed by atoms with Crippen molar-refractivity contribution in [3.63, 3.8) is 0 Å². The van der Waals surface area contributed by atoms with Gasteiger partial charge in [0.15, 0.2) is 0 Å². The number of carbonyl (C=O) groups is 2. The molecule has 2 atom stereocenters. The average Bonchev–Trinajstić information content (AvgIpc) is 3.24. The van der Waals surface area contributed by atoms with Gasteiger partial charge >= 0.3 is 0 Å². The van der Waals surface area contributed by atoms with E-state index in [0.29, 0.717) is 19.4 Å². The molecule has 7 heteroatoms. The van der Waals surface area contributed by atoms with E-state index >= 15 is 0 Å². The highest BCUT2D eigenvalue weighted by atomic mass is 16.6. The summed E-state index contributed by atoms with van der Waals surface area (Å²) < 4.78 is 0. The van der Waals surface area contributed by atoms with Gasteiger partial charge in [-0.1, -0.05) is 59.8 Å². The average molecular weight is 423 g/mol. The number of nitrogens with zero attached hydrogens (tertiary/aromatic N) is 2. The van der Waals surface area contributed by atoms with Gasteiger partial charge in [-0.25, -0.2) is 0 Å². The monoisotopic (exact) mass is 422 g/mol. The van der Waals surface area contributed by atoms with Gasteiger partial charge in [-0.2, -0.15) is 0 Å². The van der Waals surface area contributed by atoms with Crippen LogP contribution in [0.5, 0.6) is 0 Å². The van der Waals surface area contributed by atoms with Crippen LogP contribution in [0, 0.1) is 6.92 Å². The van der Waals surface area contributed by atoms with E-state index in [-0.39, 0.29) is 11.8 Å². The highest BCUT2D eigenvalue weighted by Crippen LogP contribution is 2.19. The van der Waals surface area contributed by atoms with Crippen LogP contribution in [0.4, 0.5) is 0 Å². The van der Waals surface area contributed by atoms with Crippen molar-refractivity contribution in [2.75, 3.05) is 27.2 Å². The van der Waals surface area contributed by atoms with Crippen molar-refractivity contribution in [3.8, 4) is 0 Å². The lowest BCUT2D eigenvalue weighted by Gasteiger charge is -2.20. The predicted octanol–water partition coefficient (Wildman–Crippen LogP) is 1.89. The molecule has 164 valence electrons. The first-order valence-corrected chi connectivity index (χ1v) is 10.5. The Morgan fingerprint density at radius 1 is 1.13 bits per heavy atom. The van der Waals surface area contributed by atoms with Crippen molar-refractivity contribution in [3.05, 3.63) is 71.3 Å². The molecule has 3 rings (SSSR count). The molecule has 0 bridgehead atoms. The Morgan fingerprint density at radius 2 is 1.84 bits per heavy atom. The first-order valence-electron chi connectivity index (χ1n) is 10.5. The van der Waals surface area contributed by atoms with Crippen molar-refractivity contribution < 1.29 is 14.4 Å². The molecule has 2 aromatic carbocycles. The highest BCUT2D eigenvalue weighted by Gasteiger charge is 2.32. The van der Waals surface area contributed by atoms with Crippen LogP contribution in [0.15, 0.2) is 59.8 Å². The highest BCUT2D eigenvalue weighted by molar-refractivity contribution is 6.05. The number of aryl methyl sites for hydroxylation is 1. The summed E-state index contributed by atoms with van der Waals surface area (Å²) >= 11 is 0. The van der Waals surface area contributed by atoms with Gasteiger partial charge in [0.2, 0.25) is 12.0 Å². The third-order valence-corrected chi connectivity index (χ3v) is 5.19. The summed E-state index contributed by atoms with van der Waals surface area (Å²) in [7, 11) is 3.89.